The number of methoxy groups -OCH3 is 1. The van der Waals surface area contributed by atoms with Gasteiger partial charge in [0.1, 0.15) is 6.61 Å². The third-order valence-electron chi connectivity index (χ3n) is 6.74. The number of amides is 2. The van der Waals surface area contributed by atoms with Crippen LogP contribution in [0.25, 0.3) is 5.57 Å². The number of halogens is 1. The highest BCUT2D eigenvalue weighted by molar-refractivity contribution is 6.30. The lowest BCUT2D eigenvalue weighted by molar-refractivity contribution is -0.125. The predicted octanol–water partition coefficient (Wildman–Crippen LogP) is 6.77. The molecule has 0 spiro atoms. The molecule has 1 aromatic heterocycles. The molecule has 2 amide bonds. The summed E-state index contributed by atoms with van der Waals surface area (Å²) in [6.07, 6.45) is 7.15. The van der Waals surface area contributed by atoms with Crippen molar-refractivity contribution in [3.63, 3.8) is 0 Å². The molecule has 1 aliphatic rings. The van der Waals surface area contributed by atoms with Gasteiger partial charge in [-0.05, 0) is 55.3 Å². The monoisotopic (exact) mass is 660 g/mol. The van der Waals surface area contributed by atoms with Crippen LogP contribution < -0.4 is 10.6 Å². The number of nitrogens with zero attached hydrogens (tertiary/aromatic N) is 4. The molecule has 0 saturated carbocycles. The largest absolute Gasteiger partial charge is 0.447 e. The van der Waals surface area contributed by atoms with Crippen LogP contribution in [0.15, 0.2) is 62.7 Å². The summed E-state index contributed by atoms with van der Waals surface area (Å²) in [4.78, 5) is 33.3. The Kier molecular flexibility index (Phi) is 21.8. The number of rotatable bonds is 12. The topological polar surface area (TPSA) is 101 Å². The summed E-state index contributed by atoms with van der Waals surface area (Å²) in [6, 6.07) is 5.18. The second-order valence-corrected chi connectivity index (χ2v) is 10.5. The lowest BCUT2D eigenvalue weighted by atomic mass is 9.88. The number of carbonyl (C=O) groups excluding carboxylic acids is 2. The van der Waals surface area contributed by atoms with Crippen LogP contribution in [-0.2, 0) is 21.3 Å². The minimum atomic E-state index is -0.547. The average molecular weight is 661 g/mol. The molecule has 1 aliphatic heterocycles. The number of hydrogen-bond acceptors (Lipinski definition) is 7. The molecule has 1 saturated heterocycles. The van der Waals surface area contributed by atoms with Gasteiger partial charge in [-0.25, -0.2) is 9.78 Å². The zero-order valence-corrected chi connectivity index (χ0v) is 30.2. The Hall–Kier alpha value is -3.60. The first-order valence-corrected chi connectivity index (χ1v) is 16.3. The van der Waals surface area contributed by atoms with E-state index in [1.54, 1.807) is 23.6 Å². The number of carbonyl (C=O) groups is 2. The van der Waals surface area contributed by atoms with Gasteiger partial charge in [0.2, 0.25) is 5.91 Å². The third-order valence-corrected chi connectivity index (χ3v) is 6.98. The van der Waals surface area contributed by atoms with Gasteiger partial charge in [-0.2, -0.15) is 0 Å². The number of aryl methyl sites for hydroxylation is 1. The fourth-order valence-electron chi connectivity index (χ4n) is 4.69. The molecule has 0 aliphatic carbocycles. The van der Waals surface area contributed by atoms with Crippen LogP contribution >= 0.6 is 11.6 Å². The number of imidazole rings is 1. The minimum Gasteiger partial charge on any atom is -0.447 e. The molecular weight excluding hydrogens is 604 g/mol. The second kappa shape index (κ2) is 23.7. The Bertz CT molecular complexity index is 1210. The van der Waals surface area contributed by atoms with Gasteiger partial charge in [0.25, 0.3) is 0 Å². The second-order valence-electron chi connectivity index (χ2n) is 10.1. The highest BCUT2D eigenvalue weighted by atomic mass is 35.5. The van der Waals surface area contributed by atoms with Gasteiger partial charge in [0.05, 0.1) is 30.4 Å². The Balaban J connectivity index is 0.00000230. The number of nitrogens with one attached hydrogen (secondary N) is 2. The Morgan fingerprint density at radius 3 is 2.20 bits per heavy atom. The summed E-state index contributed by atoms with van der Waals surface area (Å²) >= 11 is 6.48. The van der Waals surface area contributed by atoms with Crippen molar-refractivity contribution in [3.8, 4) is 0 Å². The van der Waals surface area contributed by atoms with E-state index in [-0.39, 0.29) is 30.8 Å². The summed E-state index contributed by atoms with van der Waals surface area (Å²) in [5.74, 6) is -0.268. The van der Waals surface area contributed by atoms with Crippen molar-refractivity contribution < 1.29 is 19.1 Å². The van der Waals surface area contributed by atoms with Crippen molar-refractivity contribution >= 4 is 29.2 Å². The molecule has 0 bridgehead atoms. The molecule has 258 valence electrons. The van der Waals surface area contributed by atoms with E-state index in [1.807, 2.05) is 84.5 Å². The van der Waals surface area contributed by atoms with E-state index in [0.717, 1.165) is 16.8 Å². The molecule has 0 radical (unpaired) electrons. The summed E-state index contributed by atoms with van der Waals surface area (Å²) in [6.45, 7) is 25.9. The van der Waals surface area contributed by atoms with Gasteiger partial charge in [0, 0.05) is 58.4 Å². The fourth-order valence-corrected chi connectivity index (χ4v) is 4.87. The van der Waals surface area contributed by atoms with E-state index in [4.69, 9.17) is 21.1 Å². The molecular formula is C35H57ClN6O4. The van der Waals surface area contributed by atoms with Gasteiger partial charge < -0.3 is 29.6 Å². The smallest absolute Gasteiger partial charge is 0.410 e. The molecule has 46 heavy (non-hydrogen) atoms. The van der Waals surface area contributed by atoms with E-state index in [9.17, 15) is 9.59 Å². The van der Waals surface area contributed by atoms with E-state index in [1.165, 1.54) is 7.11 Å². The van der Waals surface area contributed by atoms with E-state index in [0.29, 0.717) is 43.2 Å². The van der Waals surface area contributed by atoms with Crippen molar-refractivity contribution in [1.29, 1.82) is 0 Å². The molecule has 1 fully saturated rings. The highest BCUT2D eigenvalue weighted by Crippen LogP contribution is 2.38. The molecule has 2 heterocycles. The van der Waals surface area contributed by atoms with Gasteiger partial charge in [0.15, 0.2) is 0 Å². The molecule has 11 heteroatoms. The number of benzene rings is 1. The molecule has 2 unspecified atom stereocenters. The summed E-state index contributed by atoms with van der Waals surface area (Å²) in [5.41, 5.74) is 3.33. The number of hydrogen-bond donors (Lipinski definition) is 2. The Morgan fingerprint density at radius 2 is 1.72 bits per heavy atom. The zero-order valence-electron chi connectivity index (χ0n) is 29.4. The molecule has 3 rings (SSSR count). The van der Waals surface area contributed by atoms with E-state index in [2.05, 4.69) is 40.3 Å². The molecule has 2 atom stereocenters. The Morgan fingerprint density at radius 1 is 1.11 bits per heavy atom. The van der Waals surface area contributed by atoms with E-state index >= 15 is 0 Å². The normalized spacial score (nSPS) is 13.7. The Labute approximate surface area is 282 Å². The van der Waals surface area contributed by atoms with Gasteiger partial charge in [-0.3, -0.25) is 9.69 Å². The highest BCUT2D eigenvalue weighted by Gasteiger charge is 2.31. The van der Waals surface area contributed by atoms with Crippen LogP contribution in [0.2, 0.25) is 5.02 Å². The van der Waals surface area contributed by atoms with Crippen LogP contribution in [-0.4, -0.2) is 84.4 Å². The first kappa shape index (κ1) is 42.4. The van der Waals surface area contributed by atoms with Gasteiger partial charge in [-0.15, -0.1) is 6.58 Å². The van der Waals surface area contributed by atoms with Crippen molar-refractivity contribution in [2.75, 3.05) is 46.9 Å². The maximum atomic E-state index is 12.6. The maximum Gasteiger partial charge on any atom is 0.410 e. The van der Waals surface area contributed by atoms with Crippen molar-refractivity contribution in [2.45, 2.75) is 66.2 Å². The van der Waals surface area contributed by atoms with Crippen molar-refractivity contribution in [2.24, 2.45) is 7.05 Å². The number of ether oxygens (including phenoxy) is 2. The van der Waals surface area contributed by atoms with Crippen LogP contribution in [0.5, 0.6) is 0 Å². The number of piperazine rings is 1. The van der Waals surface area contributed by atoms with Crippen molar-refractivity contribution in [3.05, 3.63) is 84.6 Å². The molecule has 2 N–H and O–H groups in total. The zero-order chi connectivity index (χ0) is 35.2. The standard InChI is InChI=1S/C28H38ClN5O4.C3H7N.2C2H6/c1-7-8-24(33-11-13-34(14-12-33)28(36)38-19(2)3)22-10-9-21(29)15-23(22)20(4)27(31-26(35)17-37-6)25-16-30-18-32(25)5;1-3-4-2;2*1-2/h7,9-10,15-16,18-19,24,27H,1,4,8,11-14,17H2,2-3,5-6H3,(H,31,35);3-4H,1H2,2H3;2*1-2H3. The van der Waals surface area contributed by atoms with Crippen LogP contribution in [0.3, 0.4) is 0 Å². The lowest BCUT2D eigenvalue weighted by Crippen LogP contribution is -2.50. The first-order chi connectivity index (χ1) is 22.1. The average Bonchev–Trinajstić information content (AvgIpc) is 3.49. The lowest BCUT2D eigenvalue weighted by Gasteiger charge is -2.40. The predicted molar refractivity (Wildman–Crippen MR) is 191 cm³/mol. The summed E-state index contributed by atoms with van der Waals surface area (Å²) < 4.78 is 12.3. The minimum absolute atomic E-state index is 0.0263. The SMILES string of the molecule is C=CCC(c1ccc(Cl)cc1C(=C)C(NC(=O)COC)c1cncn1C)N1CCN(C(=O)OC(C)C)CC1.C=CNC.CC.CC. The quantitative estimate of drug-likeness (QED) is 0.242. The number of aromatic nitrogens is 2. The molecule has 1 aromatic carbocycles. The molecule has 2 aromatic rings. The molecule has 10 nitrogen and oxygen atoms in total. The fraction of sp³-hybridized carbons (Fsp3) is 0.514. The van der Waals surface area contributed by atoms with Crippen molar-refractivity contribution in [1.82, 2.24) is 30.0 Å². The van der Waals surface area contributed by atoms with Gasteiger partial charge >= 0.3 is 6.09 Å². The summed E-state index contributed by atoms with van der Waals surface area (Å²) in [7, 11) is 5.16. The van der Waals surface area contributed by atoms with Crippen LogP contribution in [0, 0.1) is 0 Å². The first-order valence-electron chi connectivity index (χ1n) is 15.9. The maximum absolute atomic E-state index is 12.6. The van der Waals surface area contributed by atoms with Crippen LogP contribution in [0.4, 0.5) is 4.79 Å². The van der Waals surface area contributed by atoms with E-state index < -0.39 is 6.04 Å². The third kappa shape index (κ3) is 13.4. The van der Waals surface area contributed by atoms with Gasteiger partial charge in [-0.1, -0.05) is 64.6 Å². The van der Waals surface area contributed by atoms with Crippen LogP contribution in [0.1, 0.15) is 76.9 Å². The summed E-state index contributed by atoms with van der Waals surface area (Å²) in [5, 5.41) is 6.29.